The number of amides is 1. The summed E-state index contributed by atoms with van der Waals surface area (Å²) >= 11 is 8.10. The summed E-state index contributed by atoms with van der Waals surface area (Å²) in [6, 6.07) is 5.50. The minimum absolute atomic E-state index is 0.0349. The fraction of sp³-hybridized carbons (Fsp3) is 0.417. The molecule has 1 aliphatic heterocycles. The van der Waals surface area contributed by atoms with Crippen LogP contribution in [-0.2, 0) is 4.74 Å². The normalized spacial score (nSPS) is 20.4. The molecule has 3 nitrogen and oxygen atoms in total. The van der Waals surface area contributed by atoms with Crippen molar-refractivity contribution in [2.75, 3.05) is 19.8 Å². The van der Waals surface area contributed by atoms with Crippen molar-refractivity contribution in [1.29, 1.82) is 0 Å². The van der Waals surface area contributed by atoms with E-state index >= 15 is 0 Å². The van der Waals surface area contributed by atoms with Gasteiger partial charge in [-0.15, -0.1) is 0 Å². The minimum Gasteiger partial charge on any atom is -0.377 e. The number of nitrogens with zero attached hydrogens (tertiary/aromatic N) is 1. The van der Waals surface area contributed by atoms with E-state index in [-0.39, 0.29) is 11.9 Å². The van der Waals surface area contributed by atoms with Crippen molar-refractivity contribution in [2.45, 2.75) is 13.0 Å². The average Bonchev–Trinajstić information content (AvgIpc) is 2.32. The zero-order valence-corrected chi connectivity index (χ0v) is 12.4. The van der Waals surface area contributed by atoms with E-state index in [9.17, 15) is 4.79 Å². The lowest BCUT2D eigenvalue weighted by Gasteiger charge is -2.33. The molecule has 17 heavy (non-hydrogen) atoms. The molecule has 1 heterocycles. The molecule has 0 radical (unpaired) electrons. The van der Waals surface area contributed by atoms with Crippen LogP contribution in [0.25, 0.3) is 0 Å². The highest BCUT2D eigenvalue weighted by Crippen LogP contribution is 2.21. The summed E-state index contributed by atoms with van der Waals surface area (Å²) in [5.41, 5.74) is 0.673. The Hall–Kier alpha value is -0.330. The summed E-state index contributed by atoms with van der Waals surface area (Å²) in [4.78, 5) is 14.2. The number of benzene rings is 1. The van der Waals surface area contributed by atoms with E-state index < -0.39 is 0 Å². The fourth-order valence-electron chi connectivity index (χ4n) is 1.84. The molecule has 1 amide bonds. The number of halogens is 2. The van der Waals surface area contributed by atoms with Crippen molar-refractivity contribution >= 4 is 40.1 Å². The number of ether oxygens (including phenoxy) is 1. The molecule has 0 N–H and O–H groups in total. The first-order chi connectivity index (χ1) is 8.09. The van der Waals surface area contributed by atoms with E-state index in [0.717, 1.165) is 3.57 Å². The van der Waals surface area contributed by atoms with Gasteiger partial charge in [-0.2, -0.15) is 0 Å². The molecule has 1 atom stereocenters. The molecule has 1 fully saturated rings. The maximum Gasteiger partial charge on any atom is 0.255 e. The highest BCUT2D eigenvalue weighted by Gasteiger charge is 2.25. The third-order valence-corrected chi connectivity index (χ3v) is 3.96. The van der Waals surface area contributed by atoms with Gasteiger partial charge in [-0.1, -0.05) is 11.6 Å². The Morgan fingerprint density at radius 1 is 1.59 bits per heavy atom. The highest BCUT2D eigenvalue weighted by molar-refractivity contribution is 14.1. The van der Waals surface area contributed by atoms with Gasteiger partial charge in [-0.05, 0) is 47.7 Å². The number of hydrogen-bond acceptors (Lipinski definition) is 2. The maximum atomic E-state index is 12.4. The first-order valence-corrected chi connectivity index (χ1v) is 6.89. The van der Waals surface area contributed by atoms with Crippen LogP contribution in [0.5, 0.6) is 0 Å². The van der Waals surface area contributed by atoms with Crippen LogP contribution in [0.3, 0.4) is 0 Å². The smallest absolute Gasteiger partial charge is 0.255 e. The molecule has 92 valence electrons. The van der Waals surface area contributed by atoms with Gasteiger partial charge in [0.15, 0.2) is 0 Å². The van der Waals surface area contributed by atoms with E-state index in [1.165, 1.54) is 0 Å². The molecule has 0 aromatic heterocycles. The first-order valence-electron chi connectivity index (χ1n) is 5.43. The summed E-state index contributed by atoms with van der Waals surface area (Å²) in [5, 5.41) is 0.592. The van der Waals surface area contributed by atoms with Crippen LogP contribution >= 0.6 is 34.2 Å². The Bertz CT molecular complexity index is 439. The predicted octanol–water partition coefficient (Wildman–Crippen LogP) is 2.81. The number of carbonyl (C=O) groups excluding carboxylic acids is 1. The van der Waals surface area contributed by atoms with Gasteiger partial charge < -0.3 is 9.64 Å². The standard InChI is InChI=1S/C12H13ClINO2/c1-8-7-17-5-4-15(8)12(16)10-6-9(13)2-3-11(10)14/h2-3,6,8H,4-5,7H2,1H3/t8-/m1/s1. The van der Waals surface area contributed by atoms with Crippen LogP contribution in [0, 0.1) is 3.57 Å². The molecule has 0 aliphatic carbocycles. The summed E-state index contributed by atoms with van der Waals surface area (Å²) in [5.74, 6) is 0.0349. The lowest BCUT2D eigenvalue weighted by molar-refractivity contribution is 0.00353. The van der Waals surface area contributed by atoms with Gasteiger partial charge in [0.2, 0.25) is 0 Å². The second kappa shape index (κ2) is 5.54. The van der Waals surface area contributed by atoms with Gasteiger partial charge in [0, 0.05) is 15.1 Å². The van der Waals surface area contributed by atoms with Crippen LogP contribution in [0.4, 0.5) is 0 Å². The highest BCUT2D eigenvalue weighted by atomic mass is 127. The third-order valence-electron chi connectivity index (χ3n) is 2.79. The Kier molecular flexibility index (Phi) is 4.27. The molecular formula is C12H13ClINO2. The Balaban J connectivity index is 2.26. The molecule has 0 saturated carbocycles. The second-order valence-corrected chi connectivity index (χ2v) is 5.65. The molecule has 0 spiro atoms. The molecule has 0 bridgehead atoms. The lowest BCUT2D eigenvalue weighted by atomic mass is 10.1. The number of morpholine rings is 1. The van der Waals surface area contributed by atoms with E-state index in [1.54, 1.807) is 12.1 Å². The topological polar surface area (TPSA) is 29.5 Å². The second-order valence-electron chi connectivity index (χ2n) is 4.05. The van der Waals surface area contributed by atoms with Crippen molar-refractivity contribution < 1.29 is 9.53 Å². The van der Waals surface area contributed by atoms with Gasteiger partial charge >= 0.3 is 0 Å². The Morgan fingerprint density at radius 2 is 2.35 bits per heavy atom. The first kappa shape index (κ1) is 13.1. The van der Waals surface area contributed by atoms with Gasteiger partial charge in [0.05, 0.1) is 24.8 Å². The van der Waals surface area contributed by atoms with E-state index in [0.29, 0.717) is 30.3 Å². The molecule has 1 aromatic carbocycles. The summed E-state index contributed by atoms with van der Waals surface area (Å²) < 4.78 is 6.26. The SMILES string of the molecule is C[C@@H]1COCCN1C(=O)c1cc(Cl)ccc1I. The molecule has 0 unspecified atom stereocenters. The zero-order chi connectivity index (χ0) is 12.4. The lowest BCUT2D eigenvalue weighted by Crippen LogP contribution is -2.47. The van der Waals surface area contributed by atoms with E-state index in [1.807, 2.05) is 17.9 Å². The molecular weight excluding hydrogens is 352 g/mol. The number of carbonyl (C=O) groups is 1. The van der Waals surface area contributed by atoms with Crippen molar-refractivity contribution in [2.24, 2.45) is 0 Å². The minimum atomic E-state index is 0.0349. The molecule has 1 aliphatic rings. The Labute approximate surface area is 119 Å². The third kappa shape index (κ3) is 2.92. The van der Waals surface area contributed by atoms with Gasteiger partial charge in [-0.25, -0.2) is 0 Å². The van der Waals surface area contributed by atoms with Gasteiger partial charge in [0.25, 0.3) is 5.91 Å². The van der Waals surface area contributed by atoms with Crippen LogP contribution < -0.4 is 0 Å². The fourth-order valence-corrected chi connectivity index (χ4v) is 2.58. The van der Waals surface area contributed by atoms with Crippen LogP contribution in [0.15, 0.2) is 18.2 Å². The van der Waals surface area contributed by atoms with Crippen LogP contribution in [-0.4, -0.2) is 36.6 Å². The average molecular weight is 366 g/mol. The molecule has 2 rings (SSSR count). The summed E-state index contributed by atoms with van der Waals surface area (Å²) in [6.45, 7) is 3.84. The van der Waals surface area contributed by atoms with Crippen molar-refractivity contribution in [3.05, 3.63) is 32.4 Å². The van der Waals surface area contributed by atoms with Crippen molar-refractivity contribution in [3.63, 3.8) is 0 Å². The van der Waals surface area contributed by atoms with Crippen molar-refractivity contribution in [3.8, 4) is 0 Å². The largest absolute Gasteiger partial charge is 0.377 e. The summed E-state index contributed by atoms with van der Waals surface area (Å²) in [6.07, 6.45) is 0. The van der Waals surface area contributed by atoms with E-state index in [2.05, 4.69) is 22.6 Å². The quantitative estimate of drug-likeness (QED) is 0.716. The maximum absolute atomic E-state index is 12.4. The molecule has 1 saturated heterocycles. The predicted molar refractivity (Wildman–Crippen MR) is 75.5 cm³/mol. The van der Waals surface area contributed by atoms with Gasteiger partial charge in [0.1, 0.15) is 0 Å². The molecule has 1 aromatic rings. The zero-order valence-electron chi connectivity index (χ0n) is 9.45. The van der Waals surface area contributed by atoms with Crippen molar-refractivity contribution in [1.82, 2.24) is 4.90 Å². The Morgan fingerprint density at radius 3 is 3.06 bits per heavy atom. The van der Waals surface area contributed by atoms with Crippen LogP contribution in [0.2, 0.25) is 5.02 Å². The van der Waals surface area contributed by atoms with Gasteiger partial charge in [-0.3, -0.25) is 4.79 Å². The molecule has 5 heteroatoms. The summed E-state index contributed by atoms with van der Waals surface area (Å²) in [7, 11) is 0. The number of rotatable bonds is 1. The van der Waals surface area contributed by atoms with Crippen LogP contribution in [0.1, 0.15) is 17.3 Å². The monoisotopic (exact) mass is 365 g/mol. The van der Waals surface area contributed by atoms with E-state index in [4.69, 9.17) is 16.3 Å². The number of hydrogen-bond donors (Lipinski definition) is 0.